The van der Waals surface area contributed by atoms with E-state index in [-0.39, 0.29) is 0 Å². The van der Waals surface area contributed by atoms with E-state index in [0.29, 0.717) is 13.2 Å². The third-order valence-corrected chi connectivity index (χ3v) is 2.75. The summed E-state index contributed by atoms with van der Waals surface area (Å²) in [6, 6.07) is 10.2. The first-order valence-corrected chi connectivity index (χ1v) is 6.94. The van der Waals surface area contributed by atoms with E-state index in [4.69, 9.17) is 14.0 Å². The van der Waals surface area contributed by atoms with Crippen LogP contribution in [0.15, 0.2) is 30.3 Å². The van der Waals surface area contributed by atoms with E-state index in [0.717, 1.165) is 25.9 Å². The van der Waals surface area contributed by atoms with E-state index in [1.165, 1.54) is 5.56 Å². The molecule has 0 heterocycles. The number of unbranched alkanes of at least 4 members (excludes halogenated alkanes) is 2. The molecule has 0 spiro atoms. The number of ether oxygens (including phenoxy) is 1. The van der Waals surface area contributed by atoms with E-state index in [1.54, 1.807) is 0 Å². The van der Waals surface area contributed by atoms with Gasteiger partial charge >= 0.3 is 10.0 Å². The summed E-state index contributed by atoms with van der Waals surface area (Å²) < 4.78 is 10.5. The summed E-state index contributed by atoms with van der Waals surface area (Å²) in [4.78, 5) is 8.53. The Morgan fingerprint density at radius 3 is 2.50 bits per heavy atom. The van der Waals surface area contributed by atoms with Crippen molar-refractivity contribution in [3.63, 3.8) is 0 Å². The minimum atomic E-state index is -1.20. The van der Waals surface area contributed by atoms with Crippen molar-refractivity contribution in [3.05, 3.63) is 35.9 Å². The summed E-state index contributed by atoms with van der Waals surface area (Å²) in [6.07, 6.45) is 3.18. The molecule has 90 valence electrons. The molecule has 4 heteroatoms. The molecular weight excluding hydrogens is 220 g/mol. The number of rotatable bonds is 9. The lowest BCUT2D eigenvalue weighted by Gasteiger charge is -2.04. The van der Waals surface area contributed by atoms with Crippen molar-refractivity contribution in [2.45, 2.75) is 25.9 Å². The van der Waals surface area contributed by atoms with Crippen molar-refractivity contribution in [1.82, 2.24) is 0 Å². The van der Waals surface area contributed by atoms with Crippen LogP contribution < -0.4 is 0 Å². The smallest absolute Gasteiger partial charge is 0.301 e. The van der Waals surface area contributed by atoms with E-state index in [9.17, 15) is 0 Å². The minimum absolute atomic E-state index is 0.695. The zero-order valence-corrected chi connectivity index (χ0v) is 11.0. The maximum Gasteiger partial charge on any atom is 0.301 e. The summed E-state index contributed by atoms with van der Waals surface area (Å²) in [5.74, 6) is 0. The van der Waals surface area contributed by atoms with Crippen LogP contribution in [-0.2, 0) is 15.8 Å². The number of benzene rings is 1. The van der Waals surface area contributed by atoms with E-state index in [1.807, 2.05) is 18.2 Å². The van der Waals surface area contributed by atoms with Gasteiger partial charge in [-0.1, -0.05) is 30.3 Å². The van der Waals surface area contributed by atoms with Gasteiger partial charge in [-0.2, -0.15) is 0 Å². The van der Waals surface area contributed by atoms with Crippen molar-refractivity contribution < 1.29 is 14.0 Å². The summed E-state index contributed by atoms with van der Waals surface area (Å²) in [5, 5.41) is 0. The van der Waals surface area contributed by atoms with E-state index < -0.39 is 10.0 Å². The molecule has 0 aromatic heterocycles. The molecule has 0 radical (unpaired) electrons. The first kappa shape index (κ1) is 13.4. The van der Waals surface area contributed by atoms with Crippen LogP contribution >= 0.6 is 0 Å². The summed E-state index contributed by atoms with van der Waals surface area (Å²) in [6.45, 7) is 2.19. The van der Waals surface area contributed by atoms with Crippen LogP contribution in [0, 0.1) is 0 Å². The molecule has 0 unspecified atom stereocenters. The lowest BCUT2D eigenvalue weighted by molar-refractivity contribution is 0.115. The molecule has 0 bridgehead atoms. The van der Waals surface area contributed by atoms with Crippen molar-refractivity contribution in [3.8, 4) is 0 Å². The van der Waals surface area contributed by atoms with Crippen LogP contribution in [-0.4, -0.2) is 28.0 Å². The van der Waals surface area contributed by atoms with Gasteiger partial charge in [-0.3, -0.25) is 0 Å². The van der Waals surface area contributed by atoms with Gasteiger partial charge < -0.3 is 14.0 Å². The van der Waals surface area contributed by atoms with Crippen LogP contribution in [0.2, 0.25) is 0 Å². The maximum absolute atomic E-state index is 8.53. The van der Waals surface area contributed by atoms with Crippen LogP contribution in [0.5, 0.6) is 0 Å². The molecule has 0 atom stereocenters. The third-order valence-electron chi connectivity index (χ3n) is 2.28. The van der Waals surface area contributed by atoms with Gasteiger partial charge in [0.15, 0.2) is 0 Å². The third kappa shape index (κ3) is 6.74. The lowest BCUT2D eigenvalue weighted by Crippen LogP contribution is -2.00. The molecular formula is C12H20O3Si. The molecule has 1 rings (SSSR count). The molecule has 0 aliphatic carbocycles. The second kappa shape index (κ2) is 9.54. The van der Waals surface area contributed by atoms with Gasteiger partial charge in [-0.15, -0.1) is 0 Å². The van der Waals surface area contributed by atoms with Crippen LogP contribution in [0.4, 0.5) is 0 Å². The molecule has 0 amide bonds. The molecule has 3 nitrogen and oxygen atoms in total. The molecule has 16 heavy (non-hydrogen) atoms. The summed E-state index contributed by atoms with van der Waals surface area (Å²) in [7, 11) is -1.20. The maximum atomic E-state index is 8.53. The largest absolute Gasteiger partial charge is 0.415 e. The van der Waals surface area contributed by atoms with Gasteiger partial charge in [0.2, 0.25) is 0 Å². The van der Waals surface area contributed by atoms with Crippen molar-refractivity contribution in [2.75, 3.05) is 13.2 Å². The Bertz CT molecular complexity index is 254. The average molecular weight is 240 g/mol. The fourth-order valence-electron chi connectivity index (χ4n) is 1.41. The Morgan fingerprint density at radius 2 is 1.75 bits per heavy atom. The Hall–Kier alpha value is -0.683. The first-order valence-electron chi connectivity index (χ1n) is 5.74. The Kier molecular flexibility index (Phi) is 7.98. The van der Waals surface area contributed by atoms with Gasteiger partial charge in [0.25, 0.3) is 0 Å². The second-order valence-corrected chi connectivity index (χ2v) is 4.30. The number of hydrogen-bond donors (Lipinski definition) is 1. The van der Waals surface area contributed by atoms with Crippen molar-refractivity contribution >= 4 is 10.0 Å². The monoisotopic (exact) mass is 240 g/mol. The van der Waals surface area contributed by atoms with Gasteiger partial charge in [0.05, 0.1) is 6.61 Å². The van der Waals surface area contributed by atoms with E-state index >= 15 is 0 Å². The molecule has 0 fully saturated rings. The lowest BCUT2D eigenvalue weighted by atomic mass is 10.2. The molecule has 1 N–H and O–H groups in total. The summed E-state index contributed by atoms with van der Waals surface area (Å²) in [5.41, 5.74) is 1.22. The highest BCUT2D eigenvalue weighted by Crippen LogP contribution is 2.02. The average Bonchev–Trinajstić information content (AvgIpc) is 2.34. The Balaban J connectivity index is 1.89. The quantitative estimate of drug-likeness (QED) is 0.523. The van der Waals surface area contributed by atoms with Gasteiger partial charge in [-0.25, -0.2) is 0 Å². The fraction of sp³-hybridized carbons (Fsp3) is 0.500. The predicted molar refractivity (Wildman–Crippen MR) is 66.7 cm³/mol. The highest BCUT2D eigenvalue weighted by atomic mass is 28.2. The topological polar surface area (TPSA) is 38.7 Å². The standard InChI is InChI=1S/C12H20O3Si/c13-16-15-10-6-2-5-9-14-11-12-7-3-1-4-8-12/h1,3-4,7-8,13H,2,5-6,9-11,16H2. The van der Waals surface area contributed by atoms with Crippen molar-refractivity contribution in [1.29, 1.82) is 0 Å². The molecule has 1 aromatic rings. The molecule has 0 saturated carbocycles. The number of hydrogen-bond acceptors (Lipinski definition) is 3. The fourth-order valence-corrected chi connectivity index (χ4v) is 1.75. The Labute approximate surface area is 99.5 Å². The highest BCUT2D eigenvalue weighted by molar-refractivity contribution is 6.15. The SMILES string of the molecule is O[SiH2]OCCCCCOCc1ccccc1. The molecule has 1 aromatic carbocycles. The first-order chi connectivity index (χ1) is 7.93. The normalized spacial score (nSPS) is 11.3. The molecule has 0 saturated heterocycles. The highest BCUT2D eigenvalue weighted by Gasteiger charge is 1.93. The second-order valence-electron chi connectivity index (χ2n) is 3.64. The van der Waals surface area contributed by atoms with Gasteiger partial charge in [0, 0.05) is 13.2 Å². The minimum Gasteiger partial charge on any atom is -0.415 e. The Morgan fingerprint density at radius 1 is 1.00 bits per heavy atom. The van der Waals surface area contributed by atoms with Crippen LogP contribution in [0.1, 0.15) is 24.8 Å². The van der Waals surface area contributed by atoms with E-state index in [2.05, 4.69) is 12.1 Å². The summed E-state index contributed by atoms with van der Waals surface area (Å²) >= 11 is 0. The predicted octanol–water partition coefficient (Wildman–Crippen LogP) is 1.38. The molecule has 0 aliphatic heterocycles. The van der Waals surface area contributed by atoms with Crippen LogP contribution in [0.3, 0.4) is 0 Å². The zero-order chi connectivity index (χ0) is 11.5. The van der Waals surface area contributed by atoms with Crippen LogP contribution in [0.25, 0.3) is 0 Å². The van der Waals surface area contributed by atoms with Crippen molar-refractivity contribution in [2.24, 2.45) is 0 Å². The molecule has 0 aliphatic rings. The van der Waals surface area contributed by atoms with Gasteiger partial charge in [-0.05, 0) is 24.8 Å². The van der Waals surface area contributed by atoms with Gasteiger partial charge in [0.1, 0.15) is 0 Å². The zero-order valence-electron chi connectivity index (χ0n) is 9.60.